The largest absolute Gasteiger partial charge is 0.452 e. The topological polar surface area (TPSA) is 71.5 Å². The molecule has 0 aliphatic carbocycles. The second-order valence-corrected chi connectivity index (χ2v) is 6.74. The number of esters is 1. The van der Waals surface area contributed by atoms with Crippen molar-refractivity contribution in [1.82, 2.24) is 4.98 Å². The van der Waals surface area contributed by atoms with Gasteiger partial charge in [0, 0.05) is 24.2 Å². The highest BCUT2D eigenvalue weighted by atomic mass is 16.5. The maximum absolute atomic E-state index is 12.8. The highest BCUT2D eigenvalue weighted by Crippen LogP contribution is 2.27. The maximum atomic E-state index is 12.8. The van der Waals surface area contributed by atoms with Crippen LogP contribution in [0.1, 0.15) is 23.2 Å². The van der Waals surface area contributed by atoms with E-state index in [1.165, 1.54) is 0 Å². The van der Waals surface area contributed by atoms with Gasteiger partial charge in [0.15, 0.2) is 6.61 Å². The predicted octanol–water partition coefficient (Wildman–Crippen LogP) is 3.63. The first kappa shape index (κ1) is 18.0. The molecule has 28 heavy (non-hydrogen) atoms. The molecule has 1 saturated heterocycles. The third-order valence-corrected chi connectivity index (χ3v) is 4.72. The molecular weight excluding hydrogens is 354 g/mol. The molecule has 0 radical (unpaired) electrons. The van der Waals surface area contributed by atoms with Crippen molar-refractivity contribution >= 4 is 34.3 Å². The van der Waals surface area contributed by atoms with Crippen LogP contribution in [0.15, 0.2) is 60.7 Å². The van der Waals surface area contributed by atoms with E-state index in [9.17, 15) is 9.59 Å². The number of pyridine rings is 1. The lowest BCUT2D eigenvalue weighted by atomic mass is 10.1. The third kappa shape index (κ3) is 3.96. The van der Waals surface area contributed by atoms with Crippen molar-refractivity contribution in [1.29, 1.82) is 0 Å². The number of para-hydroxylation sites is 2. The number of aromatic nitrogens is 1. The average molecular weight is 375 g/mol. The first-order valence-corrected chi connectivity index (χ1v) is 9.37. The lowest BCUT2D eigenvalue weighted by Gasteiger charge is -2.20. The number of nitrogens with one attached hydrogen (secondary N) is 1. The molecule has 0 atom stereocenters. The van der Waals surface area contributed by atoms with Crippen LogP contribution in [0.25, 0.3) is 10.9 Å². The van der Waals surface area contributed by atoms with Crippen LogP contribution < -0.4 is 10.2 Å². The number of hydrogen-bond acceptors (Lipinski definition) is 5. The summed E-state index contributed by atoms with van der Waals surface area (Å²) in [6, 6.07) is 18.5. The number of nitrogens with zero attached hydrogens (tertiary/aromatic N) is 2. The lowest BCUT2D eigenvalue weighted by Crippen LogP contribution is -2.25. The first-order valence-electron chi connectivity index (χ1n) is 9.37. The zero-order valence-corrected chi connectivity index (χ0v) is 15.4. The number of amides is 1. The van der Waals surface area contributed by atoms with E-state index in [4.69, 9.17) is 9.72 Å². The van der Waals surface area contributed by atoms with Gasteiger partial charge in [0.25, 0.3) is 5.91 Å². The van der Waals surface area contributed by atoms with Crippen LogP contribution >= 0.6 is 0 Å². The standard InChI is InChI=1S/C22H21N3O3/c26-20(23-17-9-2-1-3-10-17)15-28-22(27)18-14-16-8-4-5-11-19(16)24-21(18)25-12-6-7-13-25/h1-5,8-11,14H,6-7,12-13,15H2,(H,23,26). The Hall–Kier alpha value is -3.41. The van der Waals surface area contributed by atoms with Crippen molar-refractivity contribution in [2.45, 2.75) is 12.8 Å². The van der Waals surface area contributed by atoms with E-state index in [1.54, 1.807) is 18.2 Å². The van der Waals surface area contributed by atoms with Gasteiger partial charge in [-0.1, -0.05) is 36.4 Å². The molecule has 6 heteroatoms. The number of fused-ring (bicyclic) bond motifs is 1. The number of hydrogen-bond donors (Lipinski definition) is 1. The Labute approximate surface area is 163 Å². The molecule has 6 nitrogen and oxygen atoms in total. The minimum Gasteiger partial charge on any atom is -0.452 e. The second-order valence-electron chi connectivity index (χ2n) is 6.74. The molecule has 0 bridgehead atoms. The Morgan fingerprint density at radius 3 is 2.50 bits per heavy atom. The van der Waals surface area contributed by atoms with Crippen molar-refractivity contribution in [3.05, 3.63) is 66.2 Å². The van der Waals surface area contributed by atoms with Gasteiger partial charge in [-0.25, -0.2) is 9.78 Å². The fraction of sp³-hybridized carbons (Fsp3) is 0.227. The van der Waals surface area contributed by atoms with E-state index in [1.807, 2.05) is 42.5 Å². The highest BCUT2D eigenvalue weighted by molar-refractivity contribution is 6.01. The van der Waals surface area contributed by atoms with Gasteiger partial charge >= 0.3 is 5.97 Å². The van der Waals surface area contributed by atoms with Crippen molar-refractivity contribution in [3.8, 4) is 0 Å². The Bertz CT molecular complexity index is 998. The summed E-state index contributed by atoms with van der Waals surface area (Å²) in [4.78, 5) is 31.6. The normalized spacial score (nSPS) is 13.5. The Balaban J connectivity index is 1.52. The SMILES string of the molecule is O=C(COC(=O)c1cc2ccccc2nc1N1CCCC1)Nc1ccccc1. The van der Waals surface area contributed by atoms with Crippen molar-refractivity contribution in [3.63, 3.8) is 0 Å². The molecule has 2 aromatic carbocycles. The molecule has 142 valence electrons. The van der Waals surface area contributed by atoms with Crippen LogP contribution in [-0.4, -0.2) is 36.6 Å². The molecule has 3 aromatic rings. The summed E-state index contributed by atoms with van der Waals surface area (Å²) in [7, 11) is 0. The van der Waals surface area contributed by atoms with E-state index >= 15 is 0 Å². The molecule has 1 aliphatic heterocycles. The van der Waals surface area contributed by atoms with Gasteiger partial charge in [0.1, 0.15) is 11.4 Å². The van der Waals surface area contributed by atoms with Crippen molar-refractivity contribution < 1.29 is 14.3 Å². The molecule has 1 aromatic heterocycles. The average Bonchev–Trinajstić information content (AvgIpc) is 3.26. The smallest absolute Gasteiger partial charge is 0.342 e. The van der Waals surface area contributed by atoms with Gasteiger partial charge < -0.3 is 15.0 Å². The molecule has 0 spiro atoms. The van der Waals surface area contributed by atoms with Crippen LogP contribution in [0.2, 0.25) is 0 Å². The van der Waals surface area contributed by atoms with Crippen molar-refractivity contribution in [2.75, 3.05) is 29.9 Å². The van der Waals surface area contributed by atoms with Crippen LogP contribution in [-0.2, 0) is 9.53 Å². The summed E-state index contributed by atoms with van der Waals surface area (Å²) < 4.78 is 5.29. The van der Waals surface area contributed by atoms with E-state index in [-0.39, 0.29) is 12.5 Å². The number of benzene rings is 2. The summed E-state index contributed by atoms with van der Waals surface area (Å²) >= 11 is 0. The Morgan fingerprint density at radius 1 is 1.00 bits per heavy atom. The zero-order chi connectivity index (χ0) is 19.3. The third-order valence-electron chi connectivity index (χ3n) is 4.72. The first-order chi connectivity index (χ1) is 13.7. The number of ether oxygens (including phenoxy) is 1. The summed E-state index contributed by atoms with van der Waals surface area (Å²) in [6.45, 7) is 1.38. The van der Waals surface area contributed by atoms with E-state index in [0.29, 0.717) is 17.1 Å². The summed E-state index contributed by atoms with van der Waals surface area (Å²) in [5.74, 6) is -0.288. The van der Waals surface area contributed by atoms with Gasteiger partial charge in [-0.05, 0) is 37.1 Å². The van der Waals surface area contributed by atoms with Gasteiger partial charge in [-0.3, -0.25) is 4.79 Å². The van der Waals surface area contributed by atoms with Crippen LogP contribution in [0, 0.1) is 0 Å². The fourth-order valence-electron chi connectivity index (χ4n) is 3.35. The second kappa shape index (κ2) is 8.08. The molecule has 2 heterocycles. The predicted molar refractivity (Wildman–Crippen MR) is 109 cm³/mol. The van der Waals surface area contributed by atoms with Crippen LogP contribution in [0.3, 0.4) is 0 Å². The minimum absolute atomic E-state index is 0.347. The fourth-order valence-corrected chi connectivity index (χ4v) is 3.35. The molecule has 1 amide bonds. The monoisotopic (exact) mass is 375 g/mol. The number of carbonyl (C=O) groups is 2. The Morgan fingerprint density at radius 2 is 1.71 bits per heavy atom. The summed E-state index contributed by atoms with van der Waals surface area (Å²) in [5.41, 5.74) is 1.89. The van der Waals surface area contributed by atoms with Gasteiger partial charge in [0.2, 0.25) is 0 Å². The van der Waals surface area contributed by atoms with Gasteiger partial charge in [-0.2, -0.15) is 0 Å². The summed E-state index contributed by atoms with van der Waals surface area (Å²) in [5, 5.41) is 3.57. The molecule has 4 rings (SSSR count). The van der Waals surface area contributed by atoms with E-state index in [2.05, 4.69) is 10.2 Å². The molecule has 1 N–H and O–H groups in total. The molecule has 0 saturated carbocycles. The van der Waals surface area contributed by atoms with Crippen LogP contribution in [0.5, 0.6) is 0 Å². The van der Waals surface area contributed by atoms with Crippen molar-refractivity contribution in [2.24, 2.45) is 0 Å². The maximum Gasteiger partial charge on any atom is 0.342 e. The molecule has 1 aliphatic rings. The Kier molecular flexibility index (Phi) is 5.19. The quantitative estimate of drug-likeness (QED) is 0.690. The van der Waals surface area contributed by atoms with Gasteiger partial charge in [0.05, 0.1) is 5.52 Å². The molecular formula is C22H21N3O3. The molecule has 1 fully saturated rings. The number of rotatable bonds is 5. The highest BCUT2D eigenvalue weighted by Gasteiger charge is 2.23. The van der Waals surface area contributed by atoms with Crippen LogP contribution in [0.4, 0.5) is 11.5 Å². The summed E-state index contributed by atoms with van der Waals surface area (Å²) in [6.07, 6.45) is 2.14. The van der Waals surface area contributed by atoms with Gasteiger partial charge in [-0.15, -0.1) is 0 Å². The van der Waals surface area contributed by atoms with E-state index < -0.39 is 5.97 Å². The minimum atomic E-state index is -0.539. The molecule has 0 unspecified atom stereocenters. The zero-order valence-electron chi connectivity index (χ0n) is 15.4. The number of anilines is 2. The lowest BCUT2D eigenvalue weighted by molar-refractivity contribution is -0.119. The number of carbonyl (C=O) groups excluding carboxylic acids is 2. The van der Waals surface area contributed by atoms with E-state index in [0.717, 1.165) is 36.8 Å².